The van der Waals surface area contributed by atoms with Gasteiger partial charge in [-0.15, -0.1) is 0 Å². The van der Waals surface area contributed by atoms with Crippen molar-refractivity contribution in [3.63, 3.8) is 0 Å². The highest BCUT2D eigenvalue weighted by Gasteiger charge is 2.12. The quantitative estimate of drug-likeness (QED) is 0.679. The van der Waals surface area contributed by atoms with Gasteiger partial charge in [0.15, 0.2) is 11.5 Å². The molecule has 146 valence electrons. The maximum atomic E-state index is 12.3. The van der Waals surface area contributed by atoms with Gasteiger partial charge in [0.2, 0.25) is 5.91 Å². The smallest absolute Gasteiger partial charge is 0.387 e. The number of para-hydroxylation sites is 1. The SMILES string of the molecule is CCOc1ccccc1CCC(=O)NCc1ccc(OC(F)F)c(OC)c1. The van der Waals surface area contributed by atoms with Crippen molar-refractivity contribution in [1.29, 1.82) is 0 Å². The summed E-state index contributed by atoms with van der Waals surface area (Å²) in [5, 5.41) is 2.81. The number of rotatable bonds is 10. The van der Waals surface area contributed by atoms with Crippen LogP contribution in [0.1, 0.15) is 24.5 Å². The highest BCUT2D eigenvalue weighted by atomic mass is 19.3. The molecule has 0 saturated heterocycles. The number of hydrogen-bond acceptors (Lipinski definition) is 4. The van der Waals surface area contributed by atoms with Crippen LogP contribution in [0.2, 0.25) is 0 Å². The number of hydrogen-bond donors (Lipinski definition) is 1. The number of carbonyl (C=O) groups excluding carboxylic acids is 1. The third-order valence-electron chi connectivity index (χ3n) is 3.83. The van der Waals surface area contributed by atoms with Gasteiger partial charge >= 0.3 is 6.61 Å². The van der Waals surface area contributed by atoms with Crippen molar-refractivity contribution >= 4 is 5.91 Å². The maximum Gasteiger partial charge on any atom is 0.387 e. The highest BCUT2D eigenvalue weighted by molar-refractivity contribution is 5.76. The first-order valence-electron chi connectivity index (χ1n) is 8.62. The van der Waals surface area contributed by atoms with Crippen LogP contribution < -0.4 is 19.5 Å². The standard InChI is InChI=1S/C20H23F2NO4/c1-3-26-16-7-5-4-6-15(16)9-11-19(24)23-13-14-8-10-17(27-20(21)22)18(12-14)25-2/h4-8,10,12,20H,3,9,11,13H2,1-2H3,(H,23,24). The van der Waals surface area contributed by atoms with Crippen LogP contribution in [0.5, 0.6) is 17.2 Å². The van der Waals surface area contributed by atoms with Gasteiger partial charge in [-0.05, 0) is 42.7 Å². The van der Waals surface area contributed by atoms with Crippen LogP contribution in [0.3, 0.4) is 0 Å². The molecule has 2 aromatic carbocycles. The lowest BCUT2D eigenvalue weighted by molar-refractivity contribution is -0.121. The molecule has 0 heterocycles. The topological polar surface area (TPSA) is 56.8 Å². The first-order valence-corrected chi connectivity index (χ1v) is 8.62. The second-order valence-corrected chi connectivity index (χ2v) is 5.68. The molecule has 27 heavy (non-hydrogen) atoms. The van der Waals surface area contributed by atoms with E-state index in [0.717, 1.165) is 16.9 Å². The van der Waals surface area contributed by atoms with Crippen LogP contribution in [0.15, 0.2) is 42.5 Å². The lowest BCUT2D eigenvalue weighted by Crippen LogP contribution is -2.23. The van der Waals surface area contributed by atoms with Crippen molar-refractivity contribution in [2.75, 3.05) is 13.7 Å². The monoisotopic (exact) mass is 379 g/mol. The van der Waals surface area contributed by atoms with Crippen molar-refractivity contribution in [3.05, 3.63) is 53.6 Å². The molecule has 2 aromatic rings. The van der Waals surface area contributed by atoms with E-state index < -0.39 is 6.61 Å². The van der Waals surface area contributed by atoms with Gasteiger partial charge in [-0.25, -0.2) is 0 Å². The Morgan fingerprint density at radius 3 is 2.59 bits per heavy atom. The van der Waals surface area contributed by atoms with E-state index in [4.69, 9.17) is 9.47 Å². The second kappa shape index (κ2) is 10.4. The van der Waals surface area contributed by atoms with Gasteiger partial charge in [0.25, 0.3) is 0 Å². The number of carbonyl (C=O) groups is 1. The molecule has 0 fully saturated rings. The summed E-state index contributed by atoms with van der Waals surface area (Å²) in [5.41, 5.74) is 1.70. The van der Waals surface area contributed by atoms with Crippen LogP contribution in [0, 0.1) is 0 Å². The van der Waals surface area contributed by atoms with E-state index in [-0.39, 0.29) is 24.0 Å². The summed E-state index contributed by atoms with van der Waals surface area (Å²) in [6.07, 6.45) is 0.875. The Hall–Kier alpha value is -2.83. The largest absolute Gasteiger partial charge is 0.494 e. The average Bonchev–Trinajstić information content (AvgIpc) is 2.66. The fraction of sp³-hybridized carbons (Fsp3) is 0.350. The first-order chi connectivity index (χ1) is 13.0. The normalized spacial score (nSPS) is 10.6. The van der Waals surface area contributed by atoms with Crippen LogP contribution in [-0.2, 0) is 17.8 Å². The Morgan fingerprint density at radius 1 is 1.11 bits per heavy atom. The van der Waals surface area contributed by atoms with E-state index in [2.05, 4.69) is 10.1 Å². The molecular weight excluding hydrogens is 356 g/mol. The zero-order valence-corrected chi connectivity index (χ0v) is 15.3. The number of nitrogens with one attached hydrogen (secondary N) is 1. The molecule has 2 rings (SSSR count). The number of aryl methyl sites for hydroxylation is 1. The second-order valence-electron chi connectivity index (χ2n) is 5.68. The third-order valence-corrected chi connectivity index (χ3v) is 3.83. The van der Waals surface area contributed by atoms with Crippen LogP contribution in [0.25, 0.3) is 0 Å². The van der Waals surface area contributed by atoms with Crippen LogP contribution in [0.4, 0.5) is 8.78 Å². The molecule has 0 aliphatic carbocycles. The molecular formula is C20H23F2NO4. The van der Waals surface area contributed by atoms with Crippen molar-refractivity contribution in [2.24, 2.45) is 0 Å². The number of ether oxygens (including phenoxy) is 3. The van der Waals surface area contributed by atoms with E-state index in [9.17, 15) is 13.6 Å². The molecule has 0 radical (unpaired) electrons. The zero-order valence-electron chi connectivity index (χ0n) is 15.3. The Bertz CT molecular complexity index is 753. The molecule has 0 unspecified atom stereocenters. The third kappa shape index (κ3) is 6.44. The number of benzene rings is 2. The Morgan fingerprint density at radius 2 is 1.89 bits per heavy atom. The molecule has 0 aromatic heterocycles. The lowest BCUT2D eigenvalue weighted by Gasteiger charge is -2.12. The van der Waals surface area contributed by atoms with E-state index in [1.165, 1.54) is 13.2 Å². The predicted molar refractivity (Wildman–Crippen MR) is 97.4 cm³/mol. The summed E-state index contributed by atoms with van der Waals surface area (Å²) in [5.74, 6) is 0.808. The van der Waals surface area contributed by atoms with Gasteiger partial charge in [0.1, 0.15) is 5.75 Å². The minimum atomic E-state index is -2.93. The maximum absolute atomic E-state index is 12.3. The number of alkyl halides is 2. The minimum absolute atomic E-state index is 0.0462. The van der Waals surface area contributed by atoms with Gasteiger partial charge in [-0.3, -0.25) is 4.79 Å². The van der Waals surface area contributed by atoms with Crippen LogP contribution in [-0.4, -0.2) is 26.2 Å². The van der Waals surface area contributed by atoms with Gasteiger partial charge in [0.05, 0.1) is 13.7 Å². The minimum Gasteiger partial charge on any atom is -0.494 e. The lowest BCUT2D eigenvalue weighted by atomic mass is 10.1. The van der Waals surface area contributed by atoms with E-state index in [1.807, 2.05) is 31.2 Å². The fourth-order valence-electron chi connectivity index (χ4n) is 2.56. The molecule has 5 nitrogen and oxygen atoms in total. The first kappa shape index (κ1) is 20.5. The van der Waals surface area contributed by atoms with Gasteiger partial charge < -0.3 is 19.5 Å². The zero-order chi connectivity index (χ0) is 19.6. The summed E-state index contributed by atoms with van der Waals surface area (Å²) >= 11 is 0. The van der Waals surface area contributed by atoms with Crippen LogP contribution >= 0.6 is 0 Å². The predicted octanol–water partition coefficient (Wildman–Crippen LogP) is 3.94. The molecule has 0 saturated carbocycles. The molecule has 0 atom stereocenters. The summed E-state index contributed by atoms with van der Waals surface area (Å²) in [6, 6.07) is 12.2. The summed E-state index contributed by atoms with van der Waals surface area (Å²) in [7, 11) is 1.37. The Labute approximate surface area is 157 Å². The van der Waals surface area contributed by atoms with E-state index in [1.54, 1.807) is 12.1 Å². The van der Waals surface area contributed by atoms with E-state index in [0.29, 0.717) is 19.4 Å². The molecule has 0 bridgehead atoms. The Balaban J connectivity index is 1.88. The van der Waals surface area contributed by atoms with Gasteiger partial charge in [-0.2, -0.15) is 8.78 Å². The number of halogens is 2. The molecule has 7 heteroatoms. The van der Waals surface area contributed by atoms with Crippen molar-refractivity contribution in [3.8, 4) is 17.2 Å². The summed E-state index contributed by atoms with van der Waals surface area (Å²) in [4.78, 5) is 12.1. The van der Waals surface area contributed by atoms with Gasteiger partial charge in [0, 0.05) is 13.0 Å². The highest BCUT2D eigenvalue weighted by Crippen LogP contribution is 2.29. The summed E-state index contributed by atoms with van der Waals surface area (Å²) < 4.78 is 39.7. The van der Waals surface area contributed by atoms with Crippen molar-refractivity contribution in [2.45, 2.75) is 32.9 Å². The van der Waals surface area contributed by atoms with Crippen molar-refractivity contribution < 1.29 is 27.8 Å². The molecule has 0 aliphatic rings. The Kier molecular flexibility index (Phi) is 7.85. The number of methoxy groups -OCH3 is 1. The molecule has 1 N–H and O–H groups in total. The van der Waals surface area contributed by atoms with E-state index >= 15 is 0 Å². The molecule has 0 aliphatic heterocycles. The fourth-order valence-corrected chi connectivity index (χ4v) is 2.56. The van der Waals surface area contributed by atoms with Crippen molar-refractivity contribution in [1.82, 2.24) is 5.32 Å². The average molecular weight is 379 g/mol. The molecule has 0 spiro atoms. The summed E-state index contributed by atoms with van der Waals surface area (Å²) in [6.45, 7) is -0.188. The molecule has 1 amide bonds. The number of amides is 1. The van der Waals surface area contributed by atoms with Gasteiger partial charge in [-0.1, -0.05) is 24.3 Å².